The molecule has 0 radical (unpaired) electrons. The topological polar surface area (TPSA) is 105 Å². The molecule has 7 heteroatoms. The maximum Gasteiger partial charge on any atom is 0.318 e. The fraction of sp³-hybridized carbons (Fsp3) is 0.320. The second-order valence-corrected chi connectivity index (χ2v) is 9.22. The lowest BCUT2D eigenvalue weighted by Gasteiger charge is -2.44. The zero-order valence-corrected chi connectivity index (χ0v) is 18.2. The number of fused-ring (bicyclic) bond motifs is 6. The van der Waals surface area contributed by atoms with Crippen LogP contribution >= 0.6 is 0 Å². The summed E-state index contributed by atoms with van der Waals surface area (Å²) in [5, 5.41) is 32.3. The largest absolute Gasteiger partial charge is 0.508 e. The van der Waals surface area contributed by atoms with Crippen LogP contribution in [0.4, 0.5) is 0 Å². The van der Waals surface area contributed by atoms with Gasteiger partial charge in [-0.2, -0.15) is 0 Å². The van der Waals surface area contributed by atoms with Crippen molar-refractivity contribution in [2.75, 3.05) is 0 Å². The number of aliphatic hydroxyl groups is 1. The molecule has 0 aromatic heterocycles. The van der Waals surface area contributed by atoms with Gasteiger partial charge in [0.2, 0.25) is 11.4 Å². The third-order valence-corrected chi connectivity index (χ3v) is 6.10. The van der Waals surface area contributed by atoms with Crippen LogP contribution in [0.15, 0.2) is 42.0 Å². The molecule has 0 amide bonds. The lowest BCUT2D eigenvalue weighted by Crippen LogP contribution is -2.62. The van der Waals surface area contributed by atoms with E-state index in [0.717, 1.165) is 5.57 Å². The number of phenols is 2. The number of benzene rings is 2. The minimum atomic E-state index is -2.44. The summed E-state index contributed by atoms with van der Waals surface area (Å²) >= 11 is 0. The molecule has 2 aromatic carbocycles. The summed E-state index contributed by atoms with van der Waals surface area (Å²) in [6, 6.07) is 5.70. The fourth-order valence-electron chi connectivity index (χ4n) is 4.49. The number of phenolic OH excluding ortho intramolecular Hbond substituents is 2. The maximum atomic E-state index is 13.7. The molecular formula is C25H24O7. The summed E-state index contributed by atoms with van der Waals surface area (Å²) in [7, 11) is 0. The van der Waals surface area contributed by atoms with E-state index in [4.69, 9.17) is 14.2 Å². The molecule has 2 atom stereocenters. The summed E-state index contributed by atoms with van der Waals surface area (Å²) in [6.45, 7) is 7.54. The van der Waals surface area contributed by atoms with Crippen LogP contribution in [0.3, 0.4) is 0 Å². The number of hydrogen-bond donors (Lipinski definition) is 3. The van der Waals surface area contributed by atoms with Gasteiger partial charge in [0.05, 0.1) is 5.56 Å². The Morgan fingerprint density at radius 1 is 1.06 bits per heavy atom. The molecule has 0 aliphatic carbocycles. The Morgan fingerprint density at radius 3 is 2.53 bits per heavy atom. The van der Waals surface area contributed by atoms with E-state index in [2.05, 4.69) is 0 Å². The molecule has 0 saturated heterocycles. The Morgan fingerprint density at radius 2 is 1.81 bits per heavy atom. The molecule has 0 fully saturated rings. The van der Waals surface area contributed by atoms with E-state index in [1.165, 1.54) is 18.2 Å². The average molecular weight is 436 g/mol. The van der Waals surface area contributed by atoms with Crippen LogP contribution in [0.2, 0.25) is 0 Å². The predicted octanol–water partition coefficient (Wildman–Crippen LogP) is 4.19. The Hall–Kier alpha value is -3.45. The van der Waals surface area contributed by atoms with Crippen molar-refractivity contribution in [2.24, 2.45) is 0 Å². The first-order chi connectivity index (χ1) is 15.0. The molecule has 3 N–H and O–H groups in total. The predicted molar refractivity (Wildman–Crippen MR) is 116 cm³/mol. The number of ether oxygens (including phenoxy) is 3. The monoisotopic (exact) mass is 436 g/mol. The Bertz CT molecular complexity index is 1240. The Balaban J connectivity index is 1.80. The van der Waals surface area contributed by atoms with Crippen molar-refractivity contribution in [1.29, 1.82) is 0 Å². The minimum absolute atomic E-state index is 0.0767. The first kappa shape index (κ1) is 20.5. The second-order valence-electron chi connectivity index (χ2n) is 9.22. The number of carbonyl (C=O) groups is 1. The van der Waals surface area contributed by atoms with Gasteiger partial charge in [0, 0.05) is 24.1 Å². The normalized spacial score (nSPS) is 26.0. The summed E-state index contributed by atoms with van der Waals surface area (Å²) in [6.07, 6.45) is 5.59. The van der Waals surface area contributed by atoms with Gasteiger partial charge in [-0.15, -0.1) is 0 Å². The van der Waals surface area contributed by atoms with Crippen LogP contribution in [-0.4, -0.2) is 32.5 Å². The van der Waals surface area contributed by atoms with Crippen LogP contribution in [0.25, 0.3) is 6.08 Å². The van der Waals surface area contributed by atoms with Crippen molar-refractivity contribution in [2.45, 2.75) is 51.1 Å². The Labute approximate surface area is 185 Å². The van der Waals surface area contributed by atoms with Crippen LogP contribution in [-0.2, 0) is 5.60 Å². The van der Waals surface area contributed by atoms with E-state index < -0.39 is 22.8 Å². The number of aromatic hydroxyl groups is 2. The molecule has 3 aliphatic rings. The quantitative estimate of drug-likeness (QED) is 0.606. The van der Waals surface area contributed by atoms with Crippen molar-refractivity contribution in [3.8, 4) is 28.7 Å². The van der Waals surface area contributed by atoms with Gasteiger partial charge in [-0.3, -0.25) is 4.79 Å². The maximum absolute atomic E-state index is 13.7. The van der Waals surface area contributed by atoms with Crippen LogP contribution in [0.5, 0.6) is 28.7 Å². The highest BCUT2D eigenvalue weighted by Crippen LogP contribution is 2.59. The highest BCUT2D eigenvalue weighted by atomic mass is 16.7. The first-order valence-electron chi connectivity index (χ1n) is 10.4. The van der Waals surface area contributed by atoms with Gasteiger partial charge >= 0.3 is 5.79 Å². The molecule has 0 spiro atoms. The van der Waals surface area contributed by atoms with Crippen molar-refractivity contribution >= 4 is 11.9 Å². The molecule has 166 valence electrons. The third-order valence-electron chi connectivity index (χ3n) is 6.10. The van der Waals surface area contributed by atoms with E-state index in [9.17, 15) is 20.1 Å². The number of allylic oxidation sites excluding steroid dienone is 1. The zero-order chi connectivity index (χ0) is 23.1. The van der Waals surface area contributed by atoms with Crippen molar-refractivity contribution in [1.82, 2.24) is 0 Å². The van der Waals surface area contributed by atoms with Gasteiger partial charge in [-0.1, -0.05) is 11.6 Å². The van der Waals surface area contributed by atoms with Crippen molar-refractivity contribution in [3.63, 3.8) is 0 Å². The smallest absolute Gasteiger partial charge is 0.318 e. The summed E-state index contributed by atoms with van der Waals surface area (Å²) < 4.78 is 18.2. The lowest BCUT2D eigenvalue weighted by molar-refractivity contribution is -0.201. The first-order valence-corrected chi connectivity index (χ1v) is 10.4. The number of rotatable bonds is 2. The zero-order valence-electron chi connectivity index (χ0n) is 18.2. The highest BCUT2D eigenvalue weighted by molar-refractivity contribution is 6.10. The molecule has 3 heterocycles. The van der Waals surface area contributed by atoms with Crippen LogP contribution in [0.1, 0.15) is 55.6 Å². The third kappa shape index (κ3) is 2.61. The summed E-state index contributed by atoms with van der Waals surface area (Å²) in [5.74, 6) is -3.09. The molecule has 0 unspecified atom stereocenters. The fourth-order valence-corrected chi connectivity index (χ4v) is 4.49. The molecule has 7 nitrogen and oxygen atoms in total. The molecule has 32 heavy (non-hydrogen) atoms. The van der Waals surface area contributed by atoms with Gasteiger partial charge in [-0.25, -0.2) is 0 Å². The van der Waals surface area contributed by atoms with E-state index in [1.54, 1.807) is 12.1 Å². The molecular weight excluding hydrogens is 412 g/mol. The van der Waals surface area contributed by atoms with Gasteiger partial charge < -0.3 is 29.5 Å². The average Bonchev–Trinajstić information content (AvgIpc) is 2.94. The van der Waals surface area contributed by atoms with E-state index in [1.807, 2.05) is 39.8 Å². The minimum Gasteiger partial charge on any atom is -0.508 e. The highest BCUT2D eigenvalue weighted by Gasteiger charge is 2.70. The van der Waals surface area contributed by atoms with Gasteiger partial charge in [0.1, 0.15) is 39.9 Å². The molecule has 5 rings (SSSR count). The van der Waals surface area contributed by atoms with E-state index in [-0.39, 0.29) is 35.0 Å². The summed E-state index contributed by atoms with van der Waals surface area (Å²) in [5.41, 5.74) is -0.528. The van der Waals surface area contributed by atoms with Crippen LogP contribution in [0, 0.1) is 0 Å². The van der Waals surface area contributed by atoms with E-state index in [0.29, 0.717) is 16.9 Å². The molecule has 3 aliphatic heterocycles. The SMILES string of the molecule is CC(C)=CC[C@]12Oc3c4c(cc(O)c3C(=O)[C@@]1(O)Oc1cc(O)ccc12)OC(C)(C)C=C4. The number of carbonyl (C=O) groups excluding carboxylic acids is 1. The number of hydrogen-bond acceptors (Lipinski definition) is 7. The lowest BCUT2D eigenvalue weighted by atomic mass is 9.76. The number of Topliss-reactive ketones (excluding diaryl/α,β-unsaturated/α-hetero) is 1. The van der Waals surface area contributed by atoms with Crippen molar-refractivity contribution < 1.29 is 34.3 Å². The molecule has 0 bridgehead atoms. The summed E-state index contributed by atoms with van der Waals surface area (Å²) in [4.78, 5) is 13.7. The van der Waals surface area contributed by atoms with Gasteiger partial charge in [0.25, 0.3) is 0 Å². The van der Waals surface area contributed by atoms with E-state index >= 15 is 0 Å². The Kier molecular flexibility index (Phi) is 4.02. The molecule has 0 saturated carbocycles. The van der Waals surface area contributed by atoms with Crippen LogP contribution < -0.4 is 14.2 Å². The van der Waals surface area contributed by atoms with Crippen molar-refractivity contribution in [3.05, 3.63) is 58.7 Å². The standard InChI is InChI=1S/C25H24O7/c1-13(2)7-10-24-16-6-5-14(26)11-19(16)31-25(24,29)22(28)20-17(27)12-18-15(21(20)32-24)8-9-23(3,4)30-18/h5-9,11-12,26-27,29H,10H2,1-4H3/t24-,25-/m1/s1. The molecule has 2 aromatic rings. The van der Waals surface area contributed by atoms with Gasteiger partial charge in [-0.05, 0) is 52.0 Å². The van der Waals surface area contributed by atoms with Gasteiger partial charge in [0.15, 0.2) is 0 Å². The number of ketones is 1. The second kappa shape index (κ2) is 6.29.